The largest absolute Gasteiger partial charge is 0.351 e. The van der Waals surface area contributed by atoms with Gasteiger partial charge in [0.05, 0.1) is 24.0 Å². The lowest BCUT2D eigenvalue weighted by Crippen LogP contribution is -2.30. The second-order valence-corrected chi connectivity index (χ2v) is 9.91. The van der Waals surface area contributed by atoms with Crippen LogP contribution in [0.25, 0.3) is 0 Å². The molecule has 1 aliphatic rings. The first-order valence-corrected chi connectivity index (χ1v) is 12.8. The Bertz CT molecular complexity index is 1400. The van der Waals surface area contributed by atoms with Crippen LogP contribution < -0.4 is 15.5 Å². The number of aryl methyl sites for hydroxylation is 1. The molecule has 2 N–H and O–H groups in total. The van der Waals surface area contributed by atoms with Gasteiger partial charge in [-0.1, -0.05) is 26.0 Å². The summed E-state index contributed by atoms with van der Waals surface area (Å²) in [6, 6.07) is 21.8. The number of hydrogen-bond acceptors (Lipinski definition) is 4. The summed E-state index contributed by atoms with van der Waals surface area (Å²) in [7, 11) is 0. The predicted octanol–water partition coefficient (Wildman–Crippen LogP) is 5.41. The Morgan fingerprint density at radius 2 is 1.84 bits per heavy atom. The van der Waals surface area contributed by atoms with Crippen LogP contribution >= 0.6 is 12.2 Å². The summed E-state index contributed by atoms with van der Waals surface area (Å²) in [5.41, 5.74) is 5.72. The van der Waals surface area contributed by atoms with Gasteiger partial charge in [-0.25, -0.2) is 0 Å². The zero-order valence-electron chi connectivity index (χ0n) is 21.1. The van der Waals surface area contributed by atoms with Crippen molar-refractivity contribution in [2.45, 2.75) is 39.4 Å². The van der Waals surface area contributed by atoms with Crippen LogP contribution in [0.15, 0.2) is 85.3 Å². The maximum atomic E-state index is 12.3. The number of nitrogens with zero attached hydrogens (tertiary/aromatic N) is 4. The second-order valence-electron chi connectivity index (χ2n) is 9.52. The van der Waals surface area contributed by atoms with Crippen molar-refractivity contribution in [3.8, 4) is 0 Å². The summed E-state index contributed by atoms with van der Waals surface area (Å²) >= 11 is 5.90. The first kappa shape index (κ1) is 24.6. The molecule has 1 aliphatic heterocycles. The van der Waals surface area contributed by atoms with E-state index in [0.29, 0.717) is 11.7 Å². The Morgan fingerprint density at radius 3 is 2.51 bits per heavy atom. The molecule has 0 bridgehead atoms. The van der Waals surface area contributed by atoms with Gasteiger partial charge in [-0.15, -0.1) is 0 Å². The number of hydrogen-bond donors (Lipinski definition) is 2. The number of thiocarbonyl (C=S) groups is 1. The highest BCUT2D eigenvalue weighted by atomic mass is 32.1. The zero-order chi connectivity index (χ0) is 25.9. The van der Waals surface area contributed by atoms with Crippen molar-refractivity contribution in [3.05, 3.63) is 108 Å². The number of pyridine rings is 2. The number of amides is 1. The van der Waals surface area contributed by atoms with Crippen molar-refractivity contribution in [2.24, 2.45) is 5.92 Å². The SMILES string of the molecule is Cc1cc(N2C(=S)N[C@@H](c3ccccn3)[C@H]2c2cccn2Cc2ccccn2)ccc1NC(=O)C(C)C. The quantitative estimate of drug-likeness (QED) is 0.324. The Hall–Kier alpha value is -4.04. The first-order valence-electron chi connectivity index (χ1n) is 12.4. The highest BCUT2D eigenvalue weighted by Crippen LogP contribution is 2.42. The Kier molecular flexibility index (Phi) is 7.01. The van der Waals surface area contributed by atoms with Crippen LogP contribution in [0.1, 0.15) is 48.6 Å². The Balaban J connectivity index is 1.55. The van der Waals surface area contributed by atoms with Crippen molar-refractivity contribution >= 4 is 34.6 Å². The number of rotatable bonds is 7. The Labute approximate surface area is 222 Å². The standard InChI is InChI=1S/C29H30N6OS/c1-19(2)28(36)32-23-13-12-22(17-20(23)3)35-27(26(33-29(35)37)24-10-5-7-15-31-24)25-11-8-16-34(25)18-21-9-4-6-14-30-21/h4-17,19,26-27H,18H2,1-3H3,(H,32,36)(H,33,37)/t26-,27+/m0/s1. The third-order valence-corrected chi connectivity index (χ3v) is 6.91. The number of benzene rings is 1. The molecule has 1 fully saturated rings. The minimum atomic E-state index is -0.147. The summed E-state index contributed by atoms with van der Waals surface area (Å²) in [6.07, 6.45) is 5.70. The van der Waals surface area contributed by atoms with Crippen molar-refractivity contribution in [3.63, 3.8) is 0 Å². The van der Waals surface area contributed by atoms with Gasteiger partial charge >= 0.3 is 0 Å². The lowest BCUT2D eigenvalue weighted by Gasteiger charge is -2.29. The molecule has 7 nitrogen and oxygen atoms in total. The van der Waals surface area contributed by atoms with E-state index in [4.69, 9.17) is 12.2 Å². The maximum Gasteiger partial charge on any atom is 0.226 e. The summed E-state index contributed by atoms with van der Waals surface area (Å²) in [4.78, 5) is 23.6. The number of carbonyl (C=O) groups is 1. The molecule has 8 heteroatoms. The van der Waals surface area contributed by atoms with E-state index in [2.05, 4.69) is 54.5 Å². The third-order valence-electron chi connectivity index (χ3n) is 6.59. The molecular formula is C29H30N6OS. The average Bonchev–Trinajstić information content (AvgIpc) is 3.49. The van der Waals surface area contributed by atoms with Crippen molar-refractivity contribution < 1.29 is 4.79 Å². The number of nitrogens with one attached hydrogen (secondary N) is 2. The molecule has 0 radical (unpaired) electrons. The minimum Gasteiger partial charge on any atom is -0.351 e. The van der Waals surface area contributed by atoms with Crippen LogP contribution in [0.3, 0.4) is 0 Å². The fourth-order valence-corrected chi connectivity index (χ4v) is 5.00. The fourth-order valence-electron chi connectivity index (χ4n) is 4.65. The lowest BCUT2D eigenvalue weighted by molar-refractivity contribution is -0.118. The summed E-state index contributed by atoms with van der Waals surface area (Å²) in [6.45, 7) is 6.42. The number of anilines is 2. The first-order chi connectivity index (χ1) is 17.9. The average molecular weight is 511 g/mol. The van der Waals surface area contributed by atoms with E-state index in [1.165, 1.54) is 0 Å². The van der Waals surface area contributed by atoms with Crippen LogP contribution in [0.5, 0.6) is 0 Å². The van der Waals surface area contributed by atoms with E-state index in [0.717, 1.165) is 34.0 Å². The van der Waals surface area contributed by atoms with Crippen LogP contribution in [-0.2, 0) is 11.3 Å². The number of carbonyl (C=O) groups excluding carboxylic acids is 1. The third kappa shape index (κ3) is 5.11. The van der Waals surface area contributed by atoms with E-state index >= 15 is 0 Å². The number of aromatic nitrogens is 3. The second kappa shape index (κ2) is 10.5. The van der Waals surface area contributed by atoms with Gasteiger partial charge in [0, 0.05) is 41.6 Å². The van der Waals surface area contributed by atoms with E-state index in [1.54, 1.807) is 0 Å². The van der Waals surface area contributed by atoms with E-state index < -0.39 is 0 Å². The highest BCUT2D eigenvalue weighted by molar-refractivity contribution is 7.80. The molecule has 1 amide bonds. The van der Waals surface area contributed by atoms with Crippen molar-refractivity contribution in [1.82, 2.24) is 19.9 Å². The summed E-state index contributed by atoms with van der Waals surface area (Å²) < 4.78 is 2.22. The molecule has 5 rings (SSSR count). The van der Waals surface area contributed by atoms with Gasteiger partial charge in [0.1, 0.15) is 6.04 Å². The molecule has 188 valence electrons. The fraction of sp³-hybridized carbons (Fsp3) is 0.241. The summed E-state index contributed by atoms with van der Waals surface area (Å²) in [5.74, 6) is -0.0977. The van der Waals surface area contributed by atoms with Gasteiger partial charge in [-0.2, -0.15) is 0 Å². The molecule has 4 heterocycles. The van der Waals surface area contributed by atoms with Crippen LogP contribution in [0.4, 0.5) is 11.4 Å². The van der Waals surface area contributed by atoms with E-state index in [-0.39, 0.29) is 23.9 Å². The normalized spacial score (nSPS) is 17.2. The zero-order valence-corrected chi connectivity index (χ0v) is 21.9. The molecule has 1 saturated heterocycles. The molecular weight excluding hydrogens is 480 g/mol. The van der Waals surface area contributed by atoms with Gasteiger partial charge in [0.25, 0.3) is 0 Å². The van der Waals surface area contributed by atoms with Gasteiger partial charge in [-0.3, -0.25) is 14.8 Å². The predicted molar refractivity (Wildman–Crippen MR) is 150 cm³/mol. The molecule has 1 aromatic carbocycles. The molecule has 0 aliphatic carbocycles. The van der Waals surface area contributed by atoms with Gasteiger partial charge in [0.15, 0.2) is 5.11 Å². The minimum absolute atomic E-state index is 0.00495. The van der Waals surface area contributed by atoms with Gasteiger partial charge < -0.3 is 20.1 Å². The van der Waals surface area contributed by atoms with Crippen LogP contribution in [0, 0.1) is 12.8 Å². The molecule has 3 aromatic heterocycles. The van der Waals surface area contributed by atoms with Crippen molar-refractivity contribution in [1.29, 1.82) is 0 Å². The van der Waals surface area contributed by atoms with Gasteiger partial charge in [-0.05, 0) is 79.3 Å². The molecule has 2 atom stereocenters. The highest BCUT2D eigenvalue weighted by Gasteiger charge is 2.42. The molecule has 37 heavy (non-hydrogen) atoms. The monoisotopic (exact) mass is 510 g/mol. The lowest BCUT2D eigenvalue weighted by atomic mass is 10.0. The van der Waals surface area contributed by atoms with E-state index in [1.807, 2.05) is 81.7 Å². The maximum absolute atomic E-state index is 12.3. The summed E-state index contributed by atoms with van der Waals surface area (Å²) in [5, 5.41) is 7.18. The van der Waals surface area contributed by atoms with E-state index in [9.17, 15) is 4.79 Å². The molecule has 0 spiro atoms. The topological polar surface area (TPSA) is 75.1 Å². The van der Waals surface area contributed by atoms with Gasteiger partial charge in [0.2, 0.25) is 5.91 Å². The smallest absolute Gasteiger partial charge is 0.226 e. The van der Waals surface area contributed by atoms with Crippen molar-refractivity contribution in [2.75, 3.05) is 10.2 Å². The molecule has 0 unspecified atom stereocenters. The van der Waals surface area contributed by atoms with Crippen LogP contribution in [-0.4, -0.2) is 25.6 Å². The molecule has 0 saturated carbocycles. The Morgan fingerprint density at radius 1 is 1.05 bits per heavy atom. The van der Waals surface area contributed by atoms with Crippen LogP contribution in [0.2, 0.25) is 0 Å². The molecule has 4 aromatic rings.